The maximum atomic E-state index is 13.0. The van der Waals surface area contributed by atoms with E-state index in [4.69, 9.17) is 0 Å². The van der Waals surface area contributed by atoms with Crippen molar-refractivity contribution in [1.29, 1.82) is 0 Å². The molecule has 7 heteroatoms. The molecule has 0 spiro atoms. The fourth-order valence-electron chi connectivity index (χ4n) is 3.07. The van der Waals surface area contributed by atoms with Crippen LogP contribution in [0.5, 0.6) is 0 Å². The van der Waals surface area contributed by atoms with Crippen LogP contribution in [0.25, 0.3) is 0 Å². The number of aromatic nitrogens is 2. The first kappa shape index (κ1) is 19.7. The molecule has 2 heterocycles. The molecule has 5 nitrogen and oxygen atoms in total. The molecule has 1 amide bonds. The number of piperidine rings is 1. The minimum Gasteiger partial charge on any atom is -0.353 e. The summed E-state index contributed by atoms with van der Waals surface area (Å²) in [6.07, 6.45) is 2.27. The molecule has 1 aromatic heterocycles. The summed E-state index contributed by atoms with van der Waals surface area (Å²) in [4.78, 5) is 19.2. The molecule has 1 atom stereocenters. The zero-order chi connectivity index (χ0) is 19.4. The van der Waals surface area contributed by atoms with E-state index >= 15 is 0 Å². The molecule has 1 aliphatic rings. The van der Waals surface area contributed by atoms with Crippen molar-refractivity contribution in [2.75, 3.05) is 18.0 Å². The van der Waals surface area contributed by atoms with Gasteiger partial charge in [-0.15, -0.1) is 0 Å². The lowest BCUT2D eigenvalue weighted by atomic mass is 9.95. The van der Waals surface area contributed by atoms with Crippen molar-refractivity contribution >= 4 is 22.6 Å². The molecule has 0 bridgehead atoms. The molecule has 1 N–H and O–H groups in total. The van der Waals surface area contributed by atoms with E-state index in [0.717, 1.165) is 42.5 Å². The SMILES string of the molecule is CC(C)[C@H](C)NC(=O)C1CCN(c2nc(Cc3ccc(F)cc3)ns2)CC1. The van der Waals surface area contributed by atoms with Gasteiger partial charge in [0.2, 0.25) is 11.0 Å². The van der Waals surface area contributed by atoms with Crippen LogP contribution in [0.4, 0.5) is 9.52 Å². The average Bonchev–Trinajstić information content (AvgIpc) is 3.12. The Bertz CT molecular complexity index is 754. The summed E-state index contributed by atoms with van der Waals surface area (Å²) in [5, 5.41) is 4.03. The molecular formula is C20H27FN4OS. The van der Waals surface area contributed by atoms with Crippen LogP contribution in [-0.4, -0.2) is 34.4 Å². The lowest BCUT2D eigenvalue weighted by Crippen LogP contribution is -2.44. The number of anilines is 1. The zero-order valence-corrected chi connectivity index (χ0v) is 16.9. The second-order valence-corrected chi connectivity index (χ2v) is 8.33. The Morgan fingerprint density at radius 2 is 1.93 bits per heavy atom. The Morgan fingerprint density at radius 1 is 1.26 bits per heavy atom. The molecule has 146 valence electrons. The summed E-state index contributed by atoms with van der Waals surface area (Å²) in [6, 6.07) is 6.64. The second-order valence-electron chi connectivity index (χ2n) is 7.60. The standard InChI is InChI=1S/C20H27FN4OS/c1-13(2)14(3)22-19(26)16-8-10-25(11-9-16)20-23-18(24-27-20)12-15-4-6-17(21)7-5-15/h4-7,13-14,16H,8-12H2,1-3H3,(H,22,26)/t14-/m0/s1. The number of rotatable bonds is 6. The van der Waals surface area contributed by atoms with Crippen molar-refractivity contribution in [1.82, 2.24) is 14.7 Å². The molecule has 3 rings (SSSR count). The highest BCUT2D eigenvalue weighted by atomic mass is 32.1. The van der Waals surface area contributed by atoms with Gasteiger partial charge in [-0.25, -0.2) is 9.37 Å². The van der Waals surface area contributed by atoms with Crippen LogP contribution in [0.3, 0.4) is 0 Å². The molecule has 27 heavy (non-hydrogen) atoms. The highest BCUT2D eigenvalue weighted by Crippen LogP contribution is 2.25. The summed E-state index contributed by atoms with van der Waals surface area (Å²) in [5.74, 6) is 1.21. The van der Waals surface area contributed by atoms with Crippen molar-refractivity contribution in [2.24, 2.45) is 11.8 Å². The molecule has 1 aromatic carbocycles. The van der Waals surface area contributed by atoms with Crippen LogP contribution in [0.2, 0.25) is 0 Å². The summed E-state index contributed by atoms with van der Waals surface area (Å²) in [6.45, 7) is 7.93. The lowest BCUT2D eigenvalue weighted by Gasteiger charge is -2.31. The first-order valence-corrected chi connectivity index (χ1v) is 10.3. The summed E-state index contributed by atoms with van der Waals surface area (Å²) < 4.78 is 17.4. The van der Waals surface area contributed by atoms with Crippen LogP contribution in [0, 0.1) is 17.7 Å². The fourth-order valence-corrected chi connectivity index (χ4v) is 3.81. The maximum absolute atomic E-state index is 13.0. The minimum absolute atomic E-state index is 0.0778. The first-order chi connectivity index (χ1) is 12.9. The Morgan fingerprint density at radius 3 is 2.56 bits per heavy atom. The number of halogens is 1. The van der Waals surface area contributed by atoms with Crippen LogP contribution < -0.4 is 10.2 Å². The van der Waals surface area contributed by atoms with Gasteiger partial charge in [0.05, 0.1) is 0 Å². The quantitative estimate of drug-likeness (QED) is 0.818. The number of carbonyl (C=O) groups is 1. The van der Waals surface area contributed by atoms with E-state index in [1.807, 2.05) is 0 Å². The molecule has 1 fully saturated rings. The van der Waals surface area contributed by atoms with Gasteiger partial charge in [0.25, 0.3) is 0 Å². The Hall–Kier alpha value is -2.02. The number of nitrogens with zero attached hydrogens (tertiary/aromatic N) is 3. The molecule has 0 unspecified atom stereocenters. The Labute approximate surface area is 164 Å². The Balaban J connectivity index is 1.52. The molecule has 1 aliphatic heterocycles. The van der Waals surface area contributed by atoms with E-state index in [0.29, 0.717) is 12.3 Å². The maximum Gasteiger partial charge on any atom is 0.223 e. The highest BCUT2D eigenvalue weighted by molar-refractivity contribution is 7.09. The van der Waals surface area contributed by atoms with Gasteiger partial charge in [0, 0.05) is 43.0 Å². The van der Waals surface area contributed by atoms with Crippen LogP contribution in [0.15, 0.2) is 24.3 Å². The largest absolute Gasteiger partial charge is 0.353 e. The average molecular weight is 391 g/mol. The van der Waals surface area contributed by atoms with Crippen molar-refractivity contribution in [3.8, 4) is 0 Å². The van der Waals surface area contributed by atoms with Gasteiger partial charge >= 0.3 is 0 Å². The van der Waals surface area contributed by atoms with Gasteiger partial charge in [-0.2, -0.15) is 4.37 Å². The fraction of sp³-hybridized carbons (Fsp3) is 0.550. The van der Waals surface area contributed by atoms with Crippen molar-refractivity contribution in [3.05, 3.63) is 41.5 Å². The van der Waals surface area contributed by atoms with Crippen LogP contribution >= 0.6 is 11.5 Å². The molecular weight excluding hydrogens is 363 g/mol. The van der Waals surface area contributed by atoms with Gasteiger partial charge in [-0.1, -0.05) is 26.0 Å². The van der Waals surface area contributed by atoms with E-state index in [-0.39, 0.29) is 23.7 Å². The normalized spacial score (nSPS) is 16.6. The van der Waals surface area contributed by atoms with Crippen LogP contribution in [-0.2, 0) is 11.2 Å². The topological polar surface area (TPSA) is 58.1 Å². The third-order valence-corrected chi connectivity index (χ3v) is 6.05. The lowest BCUT2D eigenvalue weighted by molar-refractivity contribution is -0.126. The number of amides is 1. The number of carbonyl (C=O) groups excluding carboxylic acids is 1. The molecule has 0 radical (unpaired) electrons. The van der Waals surface area contributed by atoms with Crippen molar-refractivity contribution < 1.29 is 9.18 Å². The number of benzene rings is 1. The predicted molar refractivity (Wildman–Crippen MR) is 106 cm³/mol. The number of nitrogens with one attached hydrogen (secondary N) is 1. The van der Waals surface area contributed by atoms with E-state index in [1.54, 1.807) is 12.1 Å². The third-order valence-electron chi connectivity index (χ3n) is 5.24. The highest BCUT2D eigenvalue weighted by Gasteiger charge is 2.27. The molecule has 0 aliphatic carbocycles. The zero-order valence-electron chi connectivity index (χ0n) is 16.1. The van der Waals surface area contributed by atoms with Crippen LogP contribution in [0.1, 0.15) is 45.0 Å². The minimum atomic E-state index is -0.236. The van der Waals surface area contributed by atoms with Gasteiger partial charge in [-0.3, -0.25) is 4.79 Å². The van der Waals surface area contributed by atoms with E-state index in [9.17, 15) is 9.18 Å². The van der Waals surface area contributed by atoms with E-state index < -0.39 is 0 Å². The molecule has 0 saturated carbocycles. The smallest absolute Gasteiger partial charge is 0.223 e. The molecule has 2 aromatic rings. The van der Waals surface area contributed by atoms with E-state index in [1.165, 1.54) is 23.7 Å². The first-order valence-electron chi connectivity index (χ1n) is 9.54. The summed E-state index contributed by atoms with van der Waals surface area (Å²) in [5.41, 5.74) is 0.996. The summed E-state index contributed by atoms with van der Waals surface area (Å²) in [7, 11) is 0. The third kappa shape index (κ3) is 5.25. The van der Waals surface area contributed by atoms with Gasteiger partial charge < -0.3 is 10.2 Å². The number of hydrogen-bond donors (Lipinski definition) is 1. The van der Waals surface area contributed by atoms with Gasteiger partial charge in [-0.05, 0) is 43.4 Å². The van der Waals surface area contributed by atoms with Crippen molar-refractivity contribution in [2.45, 2.75) is 46.1 Å². The van der Waals surface area contributed by atoms with E-state index in [2.05, 4.69) is 40.3 Å². The van der Waals surface area contributed by atoms with Gasteiger partial charge in [0.15, 0.2) is 0 Å². The monoisotopic (exact) mass is 390 g/mol. The number of hydrogen-bond acceptors (Lipinski definition) is 5. The van der Waals surface area contributed by atoms with Gasteiger partial charge in [0.1, 0.15) is 11.6 Å². The summed E-state index contributed by atoms with van der Waals surface area (Å²) >= 11 is 1.39. The predicted octanol–water partition coefficient (Wildman–Crippen LogP) is 3.65. The van der Waals surface area contributed by atoms with Crippen molar-refractivity contribution in [3.63, 3.8) is 0 Å². The Kier molecular flexibility index (Phi) is 6.42. The molecule has 1 saturated heterocycles. The second kappa shape index (κ2) is 8.78.